The summed E-state index contributed by atoms with van der Waals surface area (Å²) in [6, 6.07) is 9.07. The zero-order valence-electron chi connectivity index (χ0n) is 18.7. The average molecular weight is 405 g/mol. The monoisotopic (exact) mass is 404 g/mol. The Morgan fingerprint density at radius 1 is 0.867 bits per heavy atom. The fourth-order valence-corrected chi connectivity index (χ4v) is 5.61. The van der Waals surface area contributed by atoms with Gasteiger partial charge in [0.05, 0.1) is 12.4 Å². The Bertz CT molecular complexity index is 814. The molecule has 3 nitrogen and oxygen atoms in total. The van der Waals surface area contributed by atoms with Crippen molar-refractivity contribution in [2.45, 2.75) is 83.5 Å². The molecular weight excluding hydrogens is 368 g/mol. The van der Waals surface area contributed by atoms with E-state index in [0.29, 0.717) is 17.4 Å². The molecule has 0 spiro atoms. The molecule has 0 amide bonds. The molecule has 0 atom stereocenters. The fraction of sp³-hybridized carbons (Fsp3) is 0.556. The maximum Gasteiger partial charge on any atom is 0.159 e. The molecule has 2 bridgehead atoms. The summed E-state index contributed by atoms with van der Waals surface area (Å²) in [6.07, 6.45) is 21.1. The topological polar surface area (TPSA) is 35.0 Å². The van der Waals surface area contributed by atoms with Crippen LogP contribution in [0.15, 0.2) is 48.8 Å². The van der Waals surface area contributed by atoms with Crippen LogP contribution in [0.3, 0.4) is 0 Å². The van der Waals surface area contributed by atoms with E-state index >= 15 is 0 Å². The molecule has 3 heteroatoms. The highest BCUT2D eigenvalue weighted by atomic mass is 16.5. The molecule has 0 aliphatic heterocycles. The van der Waals surface area contributed by atoms with Gasteiger partial charge in [-0.25, -0.2) is 9.97 Å². The minimum Gasteiger partial charge on any atom is -0.486 e. The SMILES string of the molecule is CCCC=CCOc1cnc(-c2ccc(C34CCC(CCC)(CC3)CC4)cc2)nc1. The van der Waals surface area contributed by atoms with E-state index in [4.69, 9.17) is 4.74 Å². The molecule has 1 heterocycles. The summed E-state index contributed by atoms with van der Waals surface area (Å²) in [5.74, 6) is 1.48. The second-order valence-electron chi connectivity index (χ2n) is 9.42. The highest BCUT2D eigenvalue weighted by molar-refractivity contribution is 5.56. The van der Waals surface area contributed by atoms with Crippen LogP contribution < -0.4 is 4.74 Å². The number of rotatable bonds is 9. The maximum atomic E-state index is 5.69. The molecule has 0 N–H and O–H groups in total. The molecule has 0 unspecified atom stereocenters. The zero-order chi connectivity index (χ0) is 20.9. The third-order valence-corrected chi connectivity index (χ3v) is 7.53. The van der Waals surface area contributed by atoms with Crippen LogP contribution in [0.1, 0.15) is 83.6 Å². The van der Waals surface area contributed by atoms with E-state index in [-0.39, 0.29) is 0 Å². The fourth-order valence-electron chi connectivity index (χ4n) is 5.61. The van der Waals surface area contributed by atoms with Crippen molar-refractivity contribution in [3.05, 3.63) is 54.4 Å². The van der Waals surface area contributed by atoms with Crippen LogP contribution in [-0.2, 0) is 5.41 Å². The van der Waals surface area contributed by atoms with Crippen molar-refractivity contribution in [2.24, 2.45) is 5.41 Å². The van der Waals surface area contributed by atoms with Gasteiger partial charge in [-0.05, 0) is 67.8 Å². The van der Waals surface area contributed by atoms with Crippen LogP contribution in [0.25, 0.3) is 11.4 Å². The Balaban J connectivity index is 1.38. The van der Waals surface area contributed by atoms with Gasteiger partial charge in [0.15, 0.2) is 11.6 Å². The van der Waals surface area contributed by atoms with E-state index in [1.807, 2.05) is 0 Å². The number of benzene rings is 1. The van der Waals surface area contributed by atoms with Crippen molar-refractivity contribution in [2.75, 3.05) is 6.61 Å². The lowest BCUT2D eigenvalue weighted by Crippen LogP contribution is -2.44. The number of unbranched alkanes of at least 4 members (excludes halogenated alkanes) is 1. The van der Waals surface area contributed by atoms with Crippen LogP contribution in [0.4, 0.5) is 0 Å². The molecule has 5 rings (SSSR count). The van der Waals surface area contributed by atoms with Gasteiger partial charge < -0.3 is 4.74 Å². The molecule has 1 aromatic heterocycles. The van der Waals surface area contributed by atoms with Crippen molar-refractivity contribution < 1.29 is 4.74 Å². The molecule has 0 saturated heterocycles. The number of fused-ring (bicyclic) bond motifs is 3. The highest BCUT2D eigenvalue weighted by Crippen LogP contribution is 2.59. The van der Waals surface area contributed by atoms with Crippen molar-refractivity contribution in [3.8, 4) is 17.1 Å². The van der Waals surface area contributed by atoms with Gasteiger partial charge in [-0.2, -0.15) is 0 Å². The number of hydrogen-bond acceptors (Lipinski definition) is 3. The van der Waals surface area contributed by atoms with E-state index in [0.717, 1.165) is 30.0 Å². The first-order chi connectivity index (χ1) is 14.7. The molecule has 30 heavy (non-hydrogen) atoms. The van der Waals surface area contributed by atoms with Crippen molar-refractivity contribution in [1.82, 2.24) is 9.97 Å². The van der Waals surface area contributed by atoms with Gasteiger partial charge in [0.1, 0.15) is 6.61 Å². The van der Waals surface area contributed by atoms with E-state index in [1.54, 1.807) is 12.4 Å². The summed E-state index contributed by atoms with van der Waals surface area (Å²) in [5.41, 5.74) is 3.68. The predicted octanol–water partition coefficient (Wildman–Crippen LogP) is 7.27. The number of aromatic nitrogens is 2. The van der Waals surface area contributed by atoms with E-state index in [9.17, 15) is 0 Å². The van der Waals surface area contributed by atoms with Gasteiger partial charge in [-0.15, -0.1) is 0 Å². The molecule has 3 aliphatic carbocycles. The molecule has 3 saturated carbocycles. The second-order valence-corrected chi connectivity index (χ2v) is 9.42. The summed E-state index contributed by atoms with van der Waals surface area (Å²) in [7, 11) is 0. The summed E-state index contributed by atoms with van der Waals surface area (Å²) in [4.78, 5) is 9.04. The Labute approximate surface area is 182 Å². The summed E-state index contributed by atoms with van der Waals surface area (Å²) in [6.45, 7) is 5.08. The molecule has 3 aliphatic rings. The Kier molecular flexibility index (Phi) is 6.55. The van der Waals surface area contributed by atoms with Gasteiger partial charge in [-0.3, -0.25) is 0 Å². The Morgan fingerprint density at radius 3 is 2.13 bits per heavy atom. The van der Waals surface area contributed by atoms with Crippen molar-refractivity contribution in [3.63, 3.8) is 0 Å². The number of ether oxygens (including phenoxy) is 1. The first-order valence-electron chi connectivity index (χ1n) is 11.9. The first-order valence-corrected chi connectivity index (χ1v) is 11.9. The third kappa shape index (κ3) is 4.45. The predicted molar refractivity (Wildman–Crippen MR) is 124 cm³/mol. The van der Waals surface area contributed by atoms with Crippen molar-refractivity contribution >= 4 is 0 Å². The average Bonchev–Trinajstić information content (AvgIpc) is 2.81. The van der Waals surface area contributed by atoms with E-state index < -0.39 is 0 Å². The van der Waals surface area contributed by atoms with Crippen LogP contribution in [0.2, 0.25) is 0 Å². The standard InChI is InChI=1S/C27H36N2O/c1-3-5-6-7-19-30-24-20-28-25(29-21-24)22-8-10-23(11-9-22)27-16-13-26(12-4-2,14-17-27)15-18-27/h6-11,20-21H,3-5,12-19H2,1-2H3. The number of allylic oxidation sites excluding steroid dienone is 1. The van der Waals surface area contributed by atoms with Gasteiger partial charge >= 0.3 is 0 Å². The minimum atomic E-state index is 0.415. The maximum absolute atomic E-state index is 5.69. The van der Waals surface area contributed by atoms with Crippen molar-refractivity contribution in [1.29, 1.82) is 0 Å². The summed E-state index contributed by atoms with van der Waals surface area (Å²) in [5, 5.41) is 0. The van der Waals surface area contributed by atoms with E-state index in [2.05, 4.69) is 60.2 Å². The molecule has 160 valence electrons. The lowest BCUT2D eigenvalue weighted by molar-refractivity contribution is 0.0320. The second kappa shape index (κ2) is 9.32. The molecular formula is C27H36N2O. The highest BCUT2D eigenvalue weighted by Gasteiger charge is 2.48. The molecule has 0 radical (unpaired) electrons. The Morgan fingerprint density at radius 2 is 1.53 bits per heavy atom. The Hall–Kier alpha value is -2.16. The van der Waals surface area contributed by atoms with Crippen LogP contribution in [0, 0.1) is 5.41 Å². The largest absolute Gasteiger partial charge is 0.486 e. The van der Waals surface area contributed by atoms with Gasteiger partial charge in [-0.1, -0.05) is 63.1 Å². The normalized spacial score (nSPS) is 25.7. The zero-order valence-corrected chi connectivity index (χ0v) is 18.7. The lowest BCUT2D eigenvalue weighted by Gasteiger charge is -2.54. The molecule has 1 aromatic carbocycles. The minimum absolute atomic E-state index is 0.415. The third-order valence-electron chi connectivity index (χ3n) is 7.53. The number of nitrogens with zero attached hydrogens (tertiary/aromatic N) is 2. The number of hydrogen-bond donors (Lipinski definition) is 0. The van der Waals surface area contributed by atoms with Gasteiger partial charge in [0.25, 0.3) is 0 Å². The van der Waals surface area contributed by atoms with Crippen LogP contribution in [-0.4, -0.2) is 16.6 Å². The quantitative estimate of drug-likeness (QED) is 0.412. The van der Waals surface area contributed by atoms with Gasteiger partial charge in [0.2, 0.25) is 0 Å². The molecule has 3 fully saturated rings. The van der Waals surface area contributed by atoms with Gasteiger partial charge in [0, 0.05) is 5.56 Å². The molecule has 2 aromatic rings. The summed E-state index contributed by atoms with van der Waals surface area (Å²) >= 11 is 0. The summed E-state index contributed by atoms with van der Waals surface area (Å²) < 4.78 is 5.69. The van der Waals surface area contributed by atoms with Crippen LogP contribution >= 0.6 is 0 Å². The lowest BCUT2D eigenvalue weighted by atomic mass is 9.51. The smallest absolute Gasteiger partial charge is 0.159 e. The first kappa shape index (κ1) is 21.1. The van der Waals surface area contributed by atoms with Crippen LogP contribution in [0.5, 0.6) is 5.75 Å². The van der Waals surface area contributed by atoms with E-state index in [1.165, 1.54) is 56.9 Å².